The number of nitrogens with one attached hydrogen (secondary N) is 1. The second kappa shape index (κ2) is 3.95. The van der Waals surface area contributed by atoms with Gasteiger partial charge >= 0.3 is 0 Å². The second-order valence-corrected chi connectivity index (χ2v) is 3.11. The van der Waals surface area contributed by atoms with E-state index in [9.17, 15) is 9.18 Å². The maximum absolute atomic E-state index is 12.7. The molecule has 0 aliphatic heterocycles. The Kier molecular flexibility index (Phi) is 2.48. The molecule has 1 N–H and O–H groups in total. The van der Waals surface area contributed by atoms with Gasteiger partial charge in [-0.2, -0.15) is 10.4 Å². The molecule has 0 aliphatic rings. The molecule has 1 aromatic carbocycles. The lowest BCUT2D eigenvalue weighted by Gasteiger charge is -1.99. The summed E-state index contributed by atoms with van der Waals surface area (Å²) >= 11 is 0. The minimum Gasteiger partial charge on any atom is -0.267 e. The maximum atomic E-state index is 12.7. The van der Waals surface area contributed by atoms with E-state index in [0.717, 1.165) is 0 Å². The van der Waals surface area contributed by atoms with Crippen LogP contribution in [-0.4, -0.2) is 10.2 Å². The zero-order chi connectivity index (χ0) is 11.5. The van der Waals surface area contributed by atoms with Crippen LogP contribution in [0.5, 0.6) is 0 Å². The molecule has 0 saturated heterocycles. The monoisotopic (exact) mass is 215 g/mol. The van der Waals surface area contributed by atoms with Gasteiger partial charge in [0.05, 0.1) is 5.69 Å². The molecule has 0 radical (unpaired) electrons. The molecule has 2 aromatic rings. The lowest BCUT2D eigenvalue weighted by Crippen LogP contribution is -2.11. The van der Waals surface area contributed by atoms with Crippen molar-refractivity contribution >= 4 is 0 Å². The minimum atomic E-state index is -0.534. The van der Waals surface area contributed by atoms with Crippen LogP contribution in [0.4, 0.5) is 4.39 Å². The minimum absolute atomic E-state index is 0.0191. The average Bonchev–Trinajstić information content (AvgIpc) is 2.31. The van der Waals surface area contributed by atoms with Crippen molar-refractivity contribution in [2.45, 2.75) is 0 Å². The van der Waals surface area contributed by atoms with E-state index in [2.05, 4.69) is 10.2 Å². The molecule has 0 aliphatic carbocycles. The van der Waals surface area contributed by atoms with Crippen LogP contribution in [0, 0.1) is 17.1 Å². The SMILES string of the molecule is N#Cc1cc(-c2ccc(F)cc2)n[nH]c1=O. The summed E-state index contributed by atoms with van der Waals surface area (Å²) in [6, 6.07) is 8.75. The summed E-state index contributed by atoms with van der Waals surface area (Å²) in [5.41, 5.74) is 0.507. The Morgan fingerprint density at radius 2 is 2.00 bits per heavy atom. The van der Waals surface area contributed by atoms with E-state index in [-0.39, 0.29) is 11.4 Å². The van der Waals surface area contributed by atoms with Gasteiger partial charge in [0, 0.05) is 5.56 Å². The number of aromatic amines is 1. The number of nitrogens with zero attached hydrogens (tertiary/aromatic N) is 2. The molecular formula is C11H6FN3O. The average molecular weight is 215 g/mol. The first-order valence-corrected chi connectivity index (χ1v) is 4.46. The van der Waals surface area contributed by atoms with Crippen LogP contribution in [0.2, 0.25) is 0 Å². The zero-order valence-electron chi connectivity index (χ0n) is 8.07. The normalized spacial score (nSPS) is 9.75. The third-order valence-corrected chi connectivity index (χ3v) is 2.06. The molecule has 0 unspecified atom stereocenters. The fourth-order valence-electron chi connectivity index (χ4n) is 1.26. The summed E-state index contributed by atoms with van der Waals surface area (Å²) in [5.74, 6) is -0.353. The van der Waals surface area contributed by atoms with E-state index in [1.807, 2.05) is 0 Å². The van der Waals surface area contributed by atoms with E-state index in [4.69, 9.17) is 5.26 Å². The first-order chi connectivity index (χ1) is 7.70. The summed E-state index contributed by atoms with van der Waals surface area (Å²) in [6.45, 7) is 0. The molecule has 0 bridgehead atoms. The van der Waals surface area contributed by atoms with Gasteiger partial charge in [0.1, 0.15) is 17.4 Å². The van der Waals surface area contributed by atoms with E-state index < -0.39 is 5.56 Å². The molecule has 16 heavy (non-hydrogen) atoms. The molecule has 2 rings (SSSR count). The predicted molar refractivity (Wildman–Crippen MR) is 55.0 cm³/mol. The fraction of sp³-hybridized carbons (Fsp3) is 0. The van der Waals surface area contributed by atoms with Crippen LogP contribution in [0.3, 0.4) is 0 Å². The smallest absolute Gasteiger partial charge is 0.267 e. The molecule has 1 aromatic heterocycles. The number of rotatable bonds is 1. The Labute approximate surface area is 90.0 Å². The van der Waals surface area contributed by atoms with Crippen LogP contribution >= 0.6 is 0 Å². The third kappa shape index (κ3) is 1.81. The van der Waals surface area contributed by atoms with Gasteiger partial charge in [-0.15, -0.1) is 0 Å². The van der Waals surface area contributed by atoms with Crippen molar-refractivity contribution in [1.82, 2.24) is 10.2 Å². The summed E-state index contributed by atoms with van der Waals surface area (Å²) in [6.07, 6.45) is 0. The Bertz CT molecular complexity index is 610. The van der Waals surface area contributed by atoms with Crippen LogP contribution in [0.15, 0.2) is 35.1 Å². The molecule has 5 heteroatoms. The van der Waals surface area contributed by atoms with Crippen molar-refractivity contribution in [3.05, 3.63) is 52.1 Å². The van der Waals surface area contributed by atoms with E-state index in [0.29, 0.717) is 11.3 Å². The van der Waals surface area contributed by atoms with Crippen LogP contribution in [-0.2, 0) is 0 Å². The number of benzene rings is 1. The highest BCUT2D eigenvalue weighted by Crippen LogP contribution is 2.15. The Hall–Kier alpha value is -2.48. The van der Waals surface area contributed by atoms with Gasteiger partial charge in [0.2, 0.25) is 0 Å². The molecule has 4 nitrogen and oxygen atoms in total. The van der Waals surface area contributed by atoms with Crippen LogP contribution < -0.4 is 5.56 Å². The van der Waals surface area contributed by atoms with E-state index >= 15 is 0 Å². The number of H-pyrrole nitrogens is 1. The number of aromatic nitrogens is 2. The number of hydrogen-bond acceptors (Lipinski definition) is 3. The summed E-state index contributed by atoms with van der Waals surface area (Å²) < 4.78 is 12.7. The summed E-state index contributed by atoms with van der Waals surface area (Å²) in [4.78, 5) is 11.1. The predicted octanol–water partition coefficient (Wildman–Crippen LogP) is 1.45. The van der Waals surface area contributed by atoms with Crippen LogP contribution in [0.1, 0.15) is 5.56 Å². The van der Waals surface area contributed by atoms with Crippen molar-refractivity contribution < 1.29 is 4.39 Å². The largest absolute Gasteiger partial charge is 0.282 e. The first-order valence-electron chi connectivity index (χ1n) is 4.46. The van der Waals surface area contributed by atoms with Gasteiger partial charge in [0.15, 0.2) is 0 Å². The van der Waals surface area contributed by atoms with Crippen molar-refractivity contribution in [2.24, 2.45) is 0 Å². The molecule has 0 spiro atoms. The first kappa shape index (κ1) is 10.1. The molecule has 78 valence electrons. The molecular weight excluding hydrogens is 209 g/mol. The summed E-state index contributed by atoms with van der Waals surface area (Å²) in [7, 11) is 0. The number of hydrogen-bond donors (Lipinski definition) is 1. The Balaban J connectivity index is 2.53. The Morgan fingerprint density at radius 3 is 2.62 bits per heavy atom. The molecule has 0 fully saturated rings. The standard InChI is InChI=1S/C11H6FN3O/c12-9-3-1-7(2-4-9)10-5-8(6-13)11(16)15-14-10/h1-5H,(H,15,16). The van der Waals surface area contributed by atoms with Gasteiger partial charge < -0.3 is 0 Å². The maximum Gasteiger partial charge on any atom is 0.282 e. The lowest BCUT2D eigenvalue weighted by atomic mass is 10.1. The van der Waals surface area contributed by atoms with Crippen molar-refractivity contribution in [2.75, 3.05) is 0 Å². The zero-order valence-corrected chi connectivity index (χ0v) is 8.07. The molecule has 0 amide bonds. The number of nitriles is 1. The third-order valence-electron chi connectivity index (χ3n) is 2.06. The van der Waals surface area contributed by atoms with Gasteiger partial charge in [-0.25, -0.2) is 9.49 Å². The molecule has 0 atom stereocenters. The highest BCUT2D eigenvalue weighted by Gasteiger charge is 2.04. The van der Waals surface area contributed by atoms with E-state index in [1.54, 1.807) is 6.07 Å². The second-order valence-electron chi connectivity index (χ2n) is 3.11. The van der Waals surface area contributed by atoms with Crippen molar-refractivity contribution in [1.29, 1.82) is 5.26 Å². The van der Waals surface area contributed by atoms with Gasteiger partial charge in [-0.1, -0.05) is 0 Å². The van der Waals surface area contributed by atoms with Gasteiger partial charge in [-0.3, -0.25) is 4.79 Å². The van der Waals surface area contributed by atoms with Gasteiger partial charge in [-0.05, 0) is 30.3 Å². The van der Waals surface area contributed by atoms with Crippen molar-refractivity contribution in [3.63, 3.8) is 0 Å². The number of halogens is 1. The van der Waals surface area contributed by atoms with E-state index in [1.165, 1.54) is 30.3 Å². The topological polar surface area (TPSA) is 69.5 Å². The summed E-state index contributed by atoms with van der Waals surface area (Å²) in [5, 5.41) is 14.7. The van der Waals surface area contributed by atoms with Crippen molar-refractivity contribution in [3.8, 4) is 17.3 Å². The lowest BCUT2D eigenvalue weighted by molar-refractivity contribution is 0.628. The quantitative estimate of drug-likeness (QED) is 0.782. The van der Waals surface area contributed by atoms with Gasteiger partial charge in [0.25, 0.3) is 5.56 Å². The highest BCUT2D eigenvalue weighted by molar-refractivity contribution is 5.59. The molecule has 0 saturated carbocycles. The fourth-order valence-corrected chi connectivity index (χ4v) is 1.26. The Morgan fingerprint density at radius 1 is 1.31 bits per heavy atom. The molecule has 1 heterocycles. The highest BCUT2D eigenvalue weighted by atomic mass is 19.1. The van der Waals surface area contributed by atoms with Crippen LogP contribution in [0.25, 0.3) is 11.3 Å².